The molecule has 2 aromatic carbocycles. The van der Waals surface area contributed by atoms with Gasteiger partial charge in [0.15, 0.2) is 5.78 Å². The molecule has 0 N–H and O–H groups in total. The van der Waals surface area contributed by atoms with E-state index in [9.17, 15) is 4.79 Å². The number of allylic oxidation sites excluding steroid dienone is 1. The molecule has 0 aliphatic rings. The first kappa shape index (κ1) is 16.6. The van der Waals surface area contributed by atoms with Crippen molar-refractivity contribution in [1.82, 2.24) is 0 Å². The fourth-order valence-electron chi connectivity index (χ4n) is 2.18. The molecule has 0 atom stereocenters. The van der Waals surface area contributed by atoms with Crippen LogP contribution in [0.4, 0.5) is 0 Å². The Hall–Kier alpha value is -2.75. The molecule has 120 valence electrons. The quantitative estimate of drug-likeness (QED) is 0.599. The Morgan fingerprint density at radius 1 is 0.913 bits per heavy atom. The summed E-state index contributed by atoms with van der Waals surface area (Å²) in [6, 6.07) is 11.2. The molecule has 0 radical (unpaired) electrons. The number of benzene rings is 2. The molecule has 23 heavy (non-hydrogen) atoms. The molecule has 0 aliphatic heterocycles. The van der Waals surface area contributed by atoms with E-state index < -0.39 is 0 Å². The fraction of sp³-hybridized carbons (Fsp3) is 0.211. The van der Waals surface area contributed by atoms with Gasteiger partial charge in [-0.3, -0.25) is 4.79 Å². The predicted molar refractivity (Wildman–Crippen MR) is 90.6 cm³/mol. The van der Waals surface area contributed by atoms with Crippen molar-refractivity contribution in [3.8, 4) is 17.2 Å². The molecule has 0 heterocycles. The van der Waals surface area contributed by atoms with Crippen LogP contribution >= 0.6 is 0 Å². The number of methoxy groups -OCH3 is 3. The second-order valence-corrected chi connectivity index (χ2v) is 5.02. The SMILES string of the molecule is COc1cc(OC)c(C(=O)/C=C\c2ccc(C)cc2)c(OC)c1. The number of ether oxygens (including phenoxy) is 3. The molecule has 0 saturated carbocycles. The highest BCUT2D eigenvalue weighted by atomic mass is 16.5. The molecule has 0 fully saturated rings. The standard InChI is InChI=1S/C19H20O4/c1-13-5-7-14(8-6-13)9-10-16(20)19-17(22-3)11-15(21-2)12-18(19)23-4/h5-12H,1-4H3/b10-9-. The van der Waals surface area contributed by atoms with Gasteiger partial charge < -0.3 is 14.2 Å². The lowest BCUT2D eigenvalue weighted by molar-refractivity contribution is 0.104. The Morgan fingerprint density at radius 3 is 1.96 bits per heavy atom. The van der Waals surface area contributed by atoms with Crippen molar-refractivity contribution in [2.45, 2.75) is 6.92 Å². The highest BCUT2D eigenvalue weighted by Crippen LogP contribution is 2.34. The van der Waals surface area contributed by atoms with Crippen molar-refractivity contribution in [2.75, 3.05) is 21.3 Å². The zero-order chi connectivity index (χ0) is 16.8. The van der Waals surface area contributed by atoms with Crippen LogP contribution in [0.5, 0.6) is 17.2 Å². The van der Waals surface area contributed by atoms with E-state index in [1.54, 1.807) is 25.3 Å². The number of hydrogen-bond donors (Lipinski definition) is 0. The smallest absolute Gasteiger partial charge is 0.193 e. The van der Waals surface area contributed by atoms with E-state index in [1.807, 2.05) is 31.2 Å². The molecular formula is C19H20O4. The van der Waals surface area contributed by atoms with Gasteiger partial charge in [0.25, 0.3) is 0 Å². The molecule has 0 aliphatic carbocycles. The number of carbonyl (C=O) groups is 1. The topological polar surface area (TPSA) is 44.8 Å². The lowest BCUT2D eigenvalue weighted by Crippen LogP contribution is -2.03. The molecule has 0 aromatic heterocycles. The minimum absolute atomic E-state index is 0.193. The maximum atomic E-state index is 12.6. The lowest BCUT2D eigenvalue weighted by atomic mass is 10.1. The van der Waals surface area contributed by atoms with Crippen LogP contribution in [0.3, 0.4) is 0 Å². The zero-order valence-electron chi connectivity index (χ0n) is 13.8. The summed E-state index contributed by atoms with van der Waals surface area (Å²) in [7, 11) is 4.57. The van der Waals surface area contributed by atoms with Crippen LogP contribution < -0.4 is 14.2 Å². The maximum Gasteiger partial charge on any atom is 0.193 e. The minimum atomic E-state index is -0.193. The van der Waals surface area contributed by atoms with Gasteiger partial charge in [-0.05, 0) is 18.6 Å². The molecular weight excluding hydrogens is 292 g/mol. The molecule has 2 rings (SSSR count). The fourth-order valence-corrected chi connectivity index (χ4v) is 2.18. The van der Waals surface area contributed by atoms with Gasteiger partial charge in [0.1, 0.15) is 22.8 Å². The highest BCUT2D eigenvalue weighted by molar-refractivity contribution is 6.10. The number of aryl methyl sites for hydroxylation is 1. The van der Waals surface area contributed by atoms with Gasteiger partial charge >= 0.3 is 0 Å². The number of rotatable bonds is 6. The van der Waals surface area contributed by atoms with Crippen LogP contribution in [0.25, 0.3) is 6.08 Å². The summed E-state index contributed by atoms with van der Waals surface area (Å²) >= 11 is 0. The van der Waals surface area contributed by atoms with E-state index in [0.717, 1.165) is 5.56 Å². The van der Waals surface area contributed by atoms with Gasteiger partial charge in [0.2, 0.25) is 0 Å². The van der Waals surface area contributed by atoms with E-state index >= 15 is 0 Å². The molecule has 0 saturated heterocycles. The Bertz CT molecular complexity index is 690. The molecule has 0 spiro atoms. The maximum absolute atomic E-state index is 12.6. The van der Waals surface area contributed by atoms with Crippen LogP contribution in [-0.2, 0) is 0 Å². The summed E-state index contributed by atoms with van der Waals surface area (Å²) in [5.41, 5.74) is 2.50. The predicted octanol–water partition coefficient (Wildman–Crippen LogP) is 3.92. The van der Waals surface area contributed by atoms with Crippen molar-refractivity contribution in [1.29, 1.82) is 0 Å². The highest BCUT2D eigenvalue weighted by Gasteiger charge is 2.18. The summed E-state index contributed by atoms with van der Waals surface area (Å²) in [5.74, 6) is 1.21. The average Bonchev–Trinajstić information content (AvgIpc) is 2.59. The van der Waals surface area contributed by atoms with Gasteiger partial charge in [0.05, 0.1) is 21.3 Å². The van der Waals surface area contributed by atoms with E-state index in [-0.39, 0.29) is 5.78 Å². The zero-order valence-corrected chi connectivity index (χ0v) is 13.8. The first-order valence-corrected chi connectivity index (χ1v) is 7.18. The number of ketones is 1. The minimum Gasteiger partial charge on any atom is -0.496 e. The van der Waals surface area contributed by atoms with E-state index in [4.69, 9.17) is 14.2 Å². The summed E-state index contributed by atoms with van der Waals surface area (Å²) < 4.78 is 15.8. The third-order valence-corrected chi connectivity index (χ3v) is 3.47. The molecule has 0 bridgehead atoms. The van der Waals surface area contributed by atoms with Crippen molar-refractivity contribution in [3.05, 3.63) is 59.2 Å². The summed E-state index contributed by atoms with van der Waals surface area (Å²) in [6.07, 6.45) is 3.28. The second kappa shape index (κ2) is 7.49. The monoisotopic (exact) mass is 312 g/mol. The van der Waals surface area contributed by atoms with Crippen LogP contribution in [0.15, 0.2) is 42.5 Å². The molecule has 4 nitrogen and oxygen atoms in total. The summed E-state index contributed by atoms with van der Waals surface area (Å²) in [5, 5.41) is 0. The first-order valence-electron chi connectivity index (χ1n) is 7.18. The van der Waals surface area contributed by atoms with E-state index in [0.29, 0.717) is 22.8 Å². The lowest BCUT2D eigenvalue weighted by Gasteiger charge is -2.13. The number of hydrogen-bond acceptors (Lipinski definition) is 4. The Labute approximate surface area is 136 Å². The average molecular weight is 312 g/mol. The Balaban J connectivity index is 2.36. The van der Waals surface area contributed by atoms with Crippen LogP contribution in [-0.4, -0.2) is 27.1 Å². The van der Waals surface area contributed by atoms with Gasteiger partial charge in [-0.15, -0.1) is 0 Å². The molecule has 2 aromatic rings. The molecule has 4 heteroatoms. The summed E-state index contributed by atoms with van der Waals surface area (Å²) in [6.45, 7) is 2.02. The van der Waals surface area contributed by atoms with Gasteiger partial charge in [-0.2, -0.15) is 0 Å². The van der Waals surface area contributed by atoms with Crippen molar-refractivity contribution in [2.24, 2.45) is 0 Å². The van der Waals surface area contributed by atoms with E-state index in [2.05, 4.69) is 0 Å². The first-order chi connectivity index (χ1) is 11.1. The molecule has 0 unspecified atom stereocenters. The van der Waals surface area contributed by atoms with E-state index in [1.165, 1.54) is 25.9 Å². The van der Waals surface area contributed by atoms with Crippen LogP contribution in [0.2, 0.25) is 0 Å². The third kappa shape index (κ3) is 3.92. The van der Waals surface area contributed by atoms with Crippen LogP contribution in [0.1, 0.15) is 21.5 Å². The number of carbonyl (C=O) groups excluding carboxylic acids is 1. The van der Waals surface area contributed by atoms with Crippen LogP contribution in [0, 0.1) is 6.92 Å². The van der Waals surface area contributed by atoms with Crippen molar-refractivity contribution in [3.63, 3.8) is 0 Å². The van der Waals surface area contributed by atoms with Gasteiger partial charge in [-0.25, -0.2) is 0 Å². The van der Waals surface area contributed by atoms with Gasteiger partial charge in [-0.1, -0.05) is 35.9 Å². The summed E-state index contributed by atoms with van der Waals surface area (Å²) in [4.78, 5) is 12.6. The van der Waals surface area contributed by atoms with Crippen molar-refractivity contribution >= 4 is 11.9 Å². The van der Waals surface area contributed by atoms with Gasteiger partial charge in [0, 0.05) is 12.1 Å². The normalized spacial score (nSPS) is 10.6. The Morgan fingerprint density at radius 2 is 1.48 bits per heavy atom. The molecule has 0 amide bonds. The van der Waals surface area contributed by atoms with Crippen molar-refractivity contribution < 1.29 is 19.0 Å². The Kier molecular flexibility index (Phi) is 5.41. The largest absolute Gasteiger partial charge is 0.496 e. The second-order valence-electron chi connectivity index (χ2n) is 5.02. The third-order valence-electron chi connectivity index (χ3n) is 3.47.